The summed E-state index contributed by atoms with van der Waals surface area (Å²) in [6, 6.07) is 12.2. The van der Waals surface area contributed by atoms with E-state index in [9.17, 15) is 4.79 Å². The number of aromatic nitrogens is 4. The number of aromatic amines is 1. The van der Waals surface area contributed by atoms with Crippen LogP contribution in [0.2, 0.25) is 0 Å². The third-order valence-electron chi connectivity index (χ3n) is 6.25. The Labute approximate surface area is 201 Å². The van der Waals surface area contributed by atoms with E-state index >= 15 is 0 Å². The fourth-order valence-electron chi connectivity index (χ4n) is 4.42. The molecule has 1 atom stereocenters. The Kier molecular flexibility index (Phi) is 6.77. The second-order valence-electron chi connectivity index (χ2n) is 9.48. The first-order valence-corrected chi connectivity index (χ1v) is 12.1. The molecular formula is C28H33N5O. The van der Waals surface area contributed by atoms with Crippen LogP contribution in [0.25, 0.3) is 22.3 Å². The lowest BCUT2D eigenvalue weighted by atomic mass is 9.86. The lowest BCUT2D eigenvalue weighted by Gasteiger charge is -2.27. The average molecular weight is 456 g/mol. The zero-order valence-electron chi connectivity index (χ0n) is 20.6. The van der Waals surface area contributed by atoms with Crippen LogP contribution in [0.5, 0.6) is 0 Å². The lowest BCUT2D eigenvalue weighted by Crippen LogP contribution is -2.31. The Morgan fingerprint density at radius 1 is 1.06 bits per heavy atom. The maximum Gasteiger partial charge on any atom is 0.270 e. The van der Waals surface area contributed by atoms with Gasteiger partial charge in [-0.05, 0) is 59.6 Å². The van der Waals surface area contributed by atoms with E-state index in [2.05, 4.69) is 64.2 Å². The molecule has 1 aliphatic rings. The minimum atomic E-state index is -0.128. The van der Waals surface area contributed by atoms with E-state index in [0.717, 1.165) is 47.1 Å². The zero-order chi connectivity index (χ0) is 24.3. The van der Waals surface area contributed by atoms with Crippen molar-refractivity contribution in [2.45, 2.75) is 65.3 Å². The maximum atomic E-state index is 12.9. The van der Waals surface area contributed by atoms with Crippen molar-refractivity contribution in [1.82, 2.24) is 25.3 Å². The molecule has 0 spiro atoms. The second kappa shape index (κ2) is 9.75. The number of H-pyrrole nitrogens is 1. The molecule has 0 aliphatic heterocycles. The number of amides is 1. The number of carbonyl (C=O) groups is 1. The third-order valence-corrected chi connectivity index (χ3v) is 6.25. The number of pyridine rings is 1. The molecule has 0 saturated carbocycles. The molecule has 176 valence electrons. The number of nitrogens with one attached hydrogen (secondary N) is 2. The number of rotatable bonds is 3. The zero-order valence-corrected chi connectivity index (χ0v) is 20.6. The van der Waals surface area contributed by atoms with Crippen molar-refractivity contribution in [2.24, 2.45) is 0 Å². The number of benzene rings is 1. The van der Waals surface area contributed by atoms with E-state index in [1.807, 2.05) is 38.2 Å². The Balaban J connectivity index is 0.00000133. The van der Waals surface area contributed by atoms with Gasteiger partial charge in [0, 0.05) is 23.3 Å². The van der Waals surface area contributed by atoms with Gasteiger partial charge >= 0.3 is 0 Å². The summed E-state index contributed by atoms with van der Waals surface area (Å²) in [6.07, 6.45) is 8.23. The molecule has 1 unspecified atom stereocenters. The number of nitrogens with zero attached hydrogens (tertiary/aromatic N) is 3. The van der Waals surface area contributed by atoms with Crippen LogP contribution in [0.15, 0.2) is 55.1 Å². The Hall–Kier alpha value is -3.54. The molecule has 0 saturated heterocycles. The van der Waals surface area contributed by atoms with Gasteiger partial charge in [-0.1, -0.05) is 52.8 Å². The molecule has 5 rings (SSSR count). The van der Waals surface area contributed by atoms with Gasteiger partial charge in [0.25, 0.3) is 5.91 Å². The highest BCUT2D eigenvalue weighted by Crippen LogP contribution is 2.34. The van der Waals surface area contributed by atoms with E-state index in [1.54, 1.807) is 12.5 Å². The Morgan fingerprint density at radius 3 is 2.62 bits per heavy atom. The first kappa shape index (κ1) is 23.6. The summed E-state index contributed by atoms with van der Waals surface area (Å²) in [5.74, 6) is -0.128. The minimum absolute atomic E-state index is 0.0116. The molecule has 1 aromatic carbocycles. The smallest absolute Gasteiger partial charge is 0.270 e. The van der Waals surface area contributed by atoms with Crippen LogP contribution in [0.4, 0.5) is 0 Å². The van der Waals surface area contributed by atoms with Crippen LogP contribution in [-0.2, 0) is 11.8 Å². The molecule has 0 bridgehead atoms. The van der Waals surface area contributed by atoms with Crippen molar-refractivity contribution < 1.29 is 4.79 Å². The van der Waals surface area contributed by atoms with Crippen LogP contribution >= 0.6 is 0 Å². The maximum absolute atomic E-state index is 12.9. The summed E-state index contributed by atoms with van der Waals surface area (Å²) in [4.78, 5) is 29.3. The summed E-state index contributed by atoms with van der Waals surface area (Å²) in [5, 5.41) is 4.21. The van der Waals surface area contributed by atoms with E-state index in [0.29, 0.717) is 5.69 Å². The van der Waals surface area contributed by atoms with Crippen molar-refractivity contribution in [1.29, 1.82) is 0 Å². The quantitative estimate of drug-likeness (QED) is 0.388. The molecule has 0 radical (unpaired) electrons. The second-order valence-corrected chi connectivity index (χ2v) is 9.48. The fourth-order valence-corrected chi connectivity index (χ4v) is 4.42. The summed E-state index contributed by atoms with van der Waals surface area (Å²) in [5.41, 5.74) is 6.86. The number of hydrogen-bond acceptors (Lipinski definition) is 4. The Morgan fingerprint density at radius 2 is 1.88 bits per heavy atom. The Bertz CT molecular complexity index is 1280. The summed E-state index contributed by atoms with van der Waals surface area (Å²) >= 11 is 0. The van der Waals surface area contributed by atoms with Gasteiger partial charge in [-0.25, -0.2) is 9.97 Å². The first-order valence-electron chi connectivity index (χ1n) is 12.1. The van der Waals surface area contributed by atoms with E-state index in [1.165, 1.54) is 11.1 Å². The van der Waals surface area contributed by atoms with E-state index in [4.69, 9.17) is 0 Å². The van der Waals surface area contributed by atoms with Gasteiger partial charge in [-0.2, -0.15) is 0 Å². The summed E-state index contributed by atoms with van der Waals surface area (Å²) < 4.78 is 0. The minimum Gasteiger partial charge on any atom is -0.346 e. The van der Waals surface area contributed by atoms with Crippen molar-refractivity contribution in [2.75, 3.05) is 0 Å². The lowest BCUT2D eigenvalue weighted by molar-refractivity contribution is 0.0927. The first-order chi connectivity index (χ1) is 16.4. The van der Waals surface area contributed by atoms with Gasteiger partial charge in [0.2, 0.25) is 0 Å². The van der Waals surface area contributed by atoms with Crippen molar-refractivity contribution in [3.8, 4) is 11.3 Å². The molecule has 34 heavy (non-hydrogen) atoms. The molecule has 1 amide bonds. The molecule has 6 heteroatoms. The monoisotopic (exact) mass is 455 g/mol. The normalized spacial score (nSPS) is 15.3. The number of hydrogen-bond donors (Lipinski definition) is 2. The molecule has 3 heterocycles. The van der Waals surface area contributed by atoms with Gasteiger partial charge in [0.1, 0.15) is 17.7 Å². The molecule has 1 aliphatic carbocycles. The van der Waals surface area contributed by atoms with Gasteiger partial charge in [-0.3, -0.25) is 9.78 Å². The van der Waals surface area contributed by atoms with Crippen molar-refractivity contribution in [3.05, 3.63) is 77.5 Å². The molecular weight excluding hydrogens is 422 g/mol. The van der Waals surface area contributed by atoms with Crippen LogP contribution in [0, 0.1) is 0 Å². The largest absolute Gasteiger partial charge is 0.346 e. The fraction of sp³-hybridized carbons (Fsp3) is 0.357. The predicted octanol–water partition coefficient (Wildman–Crippen LogP) is 6.15. The average Bonchev–Trinajstić information content (AvgIpc) is 3.34. The SMILES string of the molecule is CC.CC(C)(C)c1ccc(C(=O)NC2CCCc3cc(-c4ncnc5[nH]ccc45)ccc32)nc1. The molecule has 4 aromatic rings. The molecule has 2 N–H and O–H groups in total. The highest BCUT2D eigenvalue weighted by Gasteiger charge is 2.24. The topological polar surface area (TPSA) is 83.6 Å². The number of fused-ring (bicyclic) bond motifs is 2. The van der Waals surface area contributed by atoms with E-state index < -0.39 is 0 Å². The van der Waals surface area contributed by atoms with Crippen molar-refractivity contribution >= 4 is 16.9 Å². The van der Waals surface area contributed by atoms with Crippen LogP contribution in [0.3, 0.4) is 0 Å². The van der Waals surface area contributed by atoms with Crippen LogP contribution in [-0.4, -0.2) is 25.8 Å². The highest BCUT2D eigenvalue weighted by atomic mass is 16.1. The van der Waals surface area contributed by atoms with Crippen LogP contribution in [0.1, 0.15) is 80.7 Å². The highest BCUT2D eigenvalue weighted by molar-refractivity contribution is 5.93. The van der Waals surface area contributed by atoms with Gasteiger partial charge in [-0.15, -0.1) is 0 Å². The summed E-state index contributed by atoms with van der Waals surface area (Å²) in [6.45, 7) is 10.4. The van der Waals surface area contributed by atoms with Gasteiger partial charge in [0.05, 0.1) is 11.7 Å². The van der Waals surface area contributed by atoms with Crippen LogP contribution < -0.4 is 5.32 Å². The van der Waals surface area contributed by atoms with Gasteiger partial charge < -0.3 is 10.3 Å². The number of carbonyl (C=O) groups excluding carboxylic acids is 1. The predicted molar refractivity (Wildman–Crippen MR) is 137 cm³/mol. The summed E-state index contributed by atoms with van der Waals surface area (Å²) in [7, 11) is 0. The molecule has 6 nitrogen and oxygen atoms in total. The third kappa shape index (κ3) is 4.72. The number of aryl methyl sites for hydroxylation is 1. The molecule has 3 aromatic heterocycles. The van der Waals surface area contributed by atoms with E-state index in [-0.39, 0.29) is 17.4 Å². The van der Waals surface area contributed by atoms with Crippen molar-refractivity contribution in [3.63, 3.8) is 0 Å². The standard InChI is InChI=1S/C26H27N5O.C2H6/c1-26(2,3)18-8-10-22(28-14-18)25(32)31-21-6-4-5-16-13-17(7-9-19(16)21)23-20-11-12-27-24(20)30-15-29-23;1-2/h7-15,21H,4-6H2,1-3H3,(H,31,32)(H,27,29,30);1-2H3. The van der Waals surface area contributed by atoms with Gasteiger partial charge in [0.15, 0.2) is 0 Å². The molecule has 0 fully saturated rings.